The van der Waals surface area contributed by atoms with Crippen molar-refractivity contribution in [2.24, 2.45) is 18.9 Å². The van der Waals surface area contributed by atoms with Gasteiger partial charge in [-0.25, -0.2) is 14.6 Å². The molecule has 0 radical (unpaired) electrons. The molecule has 2 aromatic rings. The number of halogens is 1. The lowest BCUT2D eigenvalue weighted by Crippen LogP contribution is -2.42. The number of aromatic nitrogens is 4. The molecule has 2 aromatic heterocycles. The molecule has 7 heteroatoms. The molecule has 0 aromatic carbocycles. The molecule has 4 heterocycles. The average molecular weight is 379 g/mol. The zero-order chi connectivity index (χ0) is 15.8. The molecule has 2 aliphatic rings. The summed E-state index contributed by atoms with van der Waals surface area (Å²) in [7, 11) is 1.93. The van der Waals surface area contributed by atoms with E-state index in [4.69, 9.17) is 0 Å². The molecule has 2 fully saturated rings. The summed E-state index contributed by atoms with van der Waals surface area (Å²) in [6.07, 6.45) is 6.89. The van der Waals surface area contributed by atoms with E-state index in [0.717, 1.165) is 46.4 Å². The van der Waals surface area contributed by atoms with E-state index in [1.54, 1.807) is 6.33 Å². The van der Waals surface area contributed by atoms with Gasteiger partial charge in [-0.2, -0.15) is 5.10 Å². The Morgan fingerprint density at radius 1 is 1.17 bits per heavy atom. The van der Waals surface area contributed by atoms with E-state index >= 15 is 0 Å². The fourth-order valence-corrected chi connectivity index (χ4v) is 4.76. The molecule has 124 valence electrons. The molecular weight excluding hydrogens is 356 g/mol. The van der Waals surface area contributed by atoms with Crippen LogP contribution in [0.15, 0.2) is 10.9 Å². The lowest BCUT2D eigenvalue weighted by atomic mass is 9.80. The topological polar surface area (TPSA) is 58.9 Å². The third-order valence-electron chi connectivity index (χ3n) is 5.37. The fraction of sp³-hybridized carbons (Fsp3) is 0.688. The molecule has 0 bridgehead atoms. The van der Waals surface area contributed by atoms with Crippen LogP contribution < -0.4 is 10.2 Å². The highest BCUT2D eigenvalue weighted by atomic mass is 79.9. The number of hydrogen-bond donors (Lipinski definition) is 1. The van der Waals surface area contributed by atoms with Crippen molar-refractivity contribution in [2.75, 3.05) is 31.1 Å². The predicted molar refractivity (Wildman–Crippen MR) is 94.5 cm³/mol. The van der Waals surface area contributed by atoms with Gasteiger partial charge in [0, 0.05) is 20.1 Å². The van der Waals surface area contributed by atoms with Crippen molar-refractivity contribution in [3.05, 3.63) is 10.9 Å². The van der Waals surface area contributed by atoms with Gasteiger partial charge in [-0.3, -0.25) is 0 Å². The van der Waals surface area contributed by atoms with Crippen molar-refractivity contribution in [1.82, 2.24) is 25.1 Å². The first-order valence-electron chi connectivity index (χ1n) is 8.53. The summed E-state index contributed by atoms with van der Waals surface area (Å²) < 4.78 is 2.66. The highest BCUT2D eigenvalue weighted by Crippen LogP contribution is 2.35. The highest BCUT2D eigenvalue weighted by molar-refractivity contribution is 9.10. The maximum atomic E-state index is 4.60. The maximum Gasteiger partial charge on any atom is 0.164 e. The van der Waals surface area contributed by atoms with Crippen molar-refractivity contribution in [2.45, 2.75) is 25.7 Å². The number of nitrogens with zero attached hydrogens (tertiary/aromatic N) is 5. The van der Waals surface area contributed by atoms with Crippen molar-refractivity contribution in [3.8, 4) is 0 Å². The van der Waals surface area contributed by atoms with E-state index in [1.807, 2.05) is 11.7 Å². The van der Waals surface area contributed by atoms with Gasteiger partial charge in [0.05, 0.1) is 5.39 Å². The molecule has 1 unspecified atom stereocenters. The number of fused-ring (bicyclic) bond motifs is 1. The summed E-state index contributed by atoms with van der Waals surface area (Å²) in [5.74, 6) is 2.67. The van der Waals surface area contributed by atoms with E-state index in [-0.39, 0.29) is 0 Å². The Morgan fingerprint density at radius 2 is 2.00 bits per heavy atom. The summed E-state index contributed by atoms with van der Waals surface area (Å²) in [4.78, 5) is 11.4. The SMILES string of the molecule is Cn1nc(Br)c2c(N3CCCC(C4CCNCC4)C3)ncnc21. The predicted octanol–water partition coefficient (Wildman–Crippen LogP) is 2.34. The Bertz CT molecular complexity index is 693. The maximum absolute atomic E-state index is 4.60. The second-order valence-corrected chi connectivity index (χ2v) is 7.50. The monoisotopic (exact) mass is 378 g/mol. The molecule has 2 saturated heterocycles. The lowest BCUT2D eigenvalue weighted by molar-refractivity contribution is 0.229. The number of anilines is 1. The van der Waals surface area contributed by atoms with Crippen LogP contribution in [-0.2, 0) is 7.05 Å². The summed E-state index contributed by atoms with van der Waals surface area (Å²) in [6, 6.07) is 0. The number of rotatable bonds is 2. The third-order valence-corrected chi connectivity index (χ3v) is 5.92. The molecule has 0 aliphatic carbocycles. The van der Waals surface area contributed by atoms with Crippen LogP contribution in [0, 0.1) is 11.8 Å². The van der Waals surface area contributed by atoms with E-state index in [2.05, 4.69) is 41.2 Å². The minimum Gasteiger partial charge on any atom is -0.356 e. The zero-order valence-corrected chi connectivity index (χ0v) is 15.1. The van der Waals surface area contributed by atoms with Crippen LogP contribution in [0.5, 0.6) is 0 Å². The minimum atomic E-state index is 0.784. The summed E-state index contributed by atoms with van der Waals surface area (Å²) in [5.41, 5.74) is 0.894. The van der Waals surface area contributed by atoms with Crippen LogP contribution >= 0.6 is 15.9 Å². The summed E-state index contributed by atoms with van der Waals surface area (Å²) in [6.45, 7) is 4.53. The van der Waals surface area contributed by atoms with Gasteiger partial charge < -0.3 is 10.2 Å². The standard InChI is InChI=1S/C16H23BrN6/c1-22-15-13(14(17)21-22)16(20-10-19-15)23-8-2-3-12(9-23)11-4-6-18-7-5-11/h10-12,18H,2-9H2,1H3. The van der Waals surface area contributed by atoms with Crippen LogP contribution in [0.2, 0.25) is 0 Å². The minimum absolute atomic E-state index is 0.784. The zero-order valence-electron chi connectivity index (χ0n) is 13.5. The van der Waals surface area contributed by atoms with E-state index in [9.17, 15) is 0 Å². The summed E-state index contributed by atoms with van der Waals surface area (Å²) >= 11 is 3.58. The molecular formula is C16H23BrN6. The fourth-order valence-electron chi connectivity index (χ4n) is 4.17. The molecule has 2 aliphatic heterocycles. The number of nitrogens with one attached hydrogen (secondary N) is 1. The van der Waals surface area contributed by atoms with Crippen LogP contribution in [0.1, 0.15) is 25.7 Å². The Balaban J connectivity index is 1.62. The smallest absolute Gasteiger partial charge is 0.164 e. The van der Waals surface area contributed by atoms with Crippen molar-refractivity contribution < 1.29 is 0 Å². The average Bonchev–Trinajstić information content (AvgIpc) is 2.90. The van der Waals surface area contributed by atoms with E-state index < -0.39 is 0 Å². The number of aryl methyl sites for hydroxylation is 1. The van der Waals surface area contributed by atoms with Crippen molar-refractivity contribution in [1.29, 1.82) is 0 Å². The van der Waals surface area contributed by atoms with Crippen LogP contribution in [-0.4, -0.2) is 45.9 Å². The van der Waals surface area contributed by atoms with Gasteiger partial charge in [0.15, 0.2) is 5.65 Å². The van der Waals surface area contributed by atoms with Crippen LogP contribution in [0.25, 0.3) is 11.0 Å². The molecule has 1 N–H and O–H groups in total. The van der Waals surface area contributed by atoms with Gasteiger partial charge in [-0.05, 0) is 66.5 Å². The highest BCUT2D eigenvalue weighted by Gasteiger charge is 2.30. The van der Waals surface area contributed by atoms with Crippen molar-refractivity contribution in [3.63, 3.8) is 0 Å². The molecule has 0 spiro atoms. The van der Waals surface area contributed by atoms with Gasteiger partial charge in [-0.1, -0.05) is 0 Å². The molecule has 6 nitrogen and oxygen atoms in total. The largest absolute Gasteiger partial charge is 0.356 e. The molecule has 23 heavy (non-hydrogen) atoms. The van der Waals surface area contributed by atoms with Crippen LogP contribution in [0.3, 0.4) is 0 Å². The third kappa shape index (κ3) is 2.85. The molecule has 4 rings (SSSR count). The Labute approximate surface area is 144 Å². The second kappa shape index (κ2) is 6.36. The lowest BCUT2D eigenvalue weighted by Gasteiger charge is -2.39. The Kier molecular flexibility index (Phi) is 4.24. The Hall–Kier alpha value is -1.21. The van der Waals surface area contributed by atoms with E-state index in [0.29, 0.717) is 0 Å². The number of hydrogen-bond acceptors (Lipinski definition) is 5. The first kappa shape index (κ1) is 15.3. The summed E-state index contributed by atoms with van der Waals surface area (Å²) in [5, 5.41) is 8.97. The second-order valence-electron chi connectivity index (χ2n) is 6.75. The Morgan fingerprint density at radius 3 is 2.83 bits per heavy atom. The first-order chi connectivity index (χ1) is 11.2. The van der Waals surface area contributed by atoms with Crippen LogP contribution in [0.4, 0.5) is 5.82 Å². The first-order valence-corrected chi connectivity index (χ1v) is 9.32. The van der Waals surface area contributed by atoms with Gasteiger partial charge in [0.1, 0.15) is 16.7 Å². The quantitative estimate of drug-likeness (QED) is 0.868. The molecule has 0 amide bonds. The normalized spacial score (nSPS) is 23.6. The van der Waals surface area contributed by atoms with Gasteiger partial charge >= 0.3 is 0 Å². The van der Waals surface area contributed by atoms with E-state index in [1.165, 1.54) is 38.8 Å². The van der Waals surface area contributed by atoms with Gasteiger partial charge in [0.2, 0.25) is 0 Å². The van der Waals surface area contributed by atoms with Gasteiger partial charge in [0.25, 0.3) is 0 Å². The molecule has 0 saturated carbocycles. The van der Waals surface area contributed by atoms with Gasteiger partial charge in [-0.15, -0.1) is 0 Å². The number of piperidine rings is 2. The van der Waals surface area contributed by atoms with Crippen molar-refractivity contribution >= 4 is 32.8 Å². The molecule has 1 atom stereocenters.